The predicted molar refractivity (Wildman–Crippen MR) is 108 cm³/mol. The number of nitrogens with one attached hydrogen (secondary N) is 2. The topological polar surface area (TPSA) is 84.2 Å². The maximum Gasteiger partial charge on any atom is 0.273 e. The highest BCUT2D eigenvalue weighted by molar-refractivity contribution is 5.93. The number of aromatic nitrogens is 1. The fourth-order valence-electron chi connectivity index (χ4n) is 2.89. The number of carbonyl (C=O) groups excluding carboxylic acids is 2. The van der Waals surface area contributed by atoms with Crippen molar-refractivity contribution in [1.82, 2.24) is 10.3 Å². The van der Waals surface area contributed by atoms with Gasteiger partial charge in [0.25, 0.3) is 5.91 Å². The molecule has 6 nitrogen and oxygen atoms in total. The lowest BCUT2D eigenvalue weighted by Crippen LogP contribution is -2.31. The number of carbonyl (C=O) groups is 2. The van der Waals surface area contributed by atoms with Crippen LogP contribution in [0.4, 0.5) is 5.69 Å². The Labute approximate surface area is 164 Å². The van der Waals surface area contributed by atoms with E-state index in [0.29, 0.717) is 17.9 Å². The third-order valence-electron chi connectivity index (χ3n) is 4.11. The van der Waals surface area contributed by atoms with Crippen molar-refractivity contribution >= 4 is 17.5 Å². The molecule has 0 aliphatic heterocycles. The van der Waals surface area contributed by atoms with Gasteiger partial charge in [0.2, 0.25) is 5.91 Å². The van der Waals surface area contributed by atoms with E-state index in [1.54, 1.807) is 0 Å². The Hall–Kier alpha value is -3.41. The van der Waals surface area contributed by atoms with Gasteiger partial charge in [0.05, 0.1) is 0 Å². The summed E-state index contributed by atoms with van der Waals surface area (Å²) in [7, 11) is 0. The molecule has 0 spiro atoms. The van der Waals surface area contributed by atoms with Gasteiger partial charge in [-0.1, -0.05) is 36.4 Å². The summed E-state index contributed by atoms with van der Waals surface area (Å²) in [5.41, 5.74) is 4.13. The molecule has 3 aromatic rings. The largest absolute Gasteiger partial charge is 0.447 e. The van der Waals surface area contributed by atoms with Gasteiger partial charge >= 0.3 is 0 Å². The summed E-state index contributed by atoms with van der Waals surface area (Å²) in [6.45, 7) is 5.29. The van der Waals surface area contributed by atoms with Crippen LogP contribution in [0.2, 0.25) is 0 Å². The minimum atomic E-state index is -0.231. The minimum absolute atomic E-state index is 0.0320. The average Bonchev–Trinajstić information content (AvgIpc) is 3.10. The molecule has 1 aromatic heterocycles. The number of benzene rings is 2. The Morgan fingerprint density at radius 1 is 1.07 bits per heavy atom. The molecule has 2 N–H and O–H groups in total. The highest BCUT2D eigenvalue weighted by atomic mass is 16.3. The Bertz CT molecular complexity index is 975. The van der Waals surface area contributed by atoms with Gasteiger partial charge in [0, 0.05) is 25.1 Å². The van der Waals surface area contributed by atoms with Crippen LogP contribution >= 0.6 is 0 Å². The highest BCUT2D eigenvalue weighted by Gasteiger charge is 2.17. The highest BCUT2D eigenvalue weighted by Crippen LogP contribution is 2.24. The number of nitrogens with zero attached hydrogens (tertiary/aromatic N) is 1. The van der Waals surface area contributed by atoms with Gasteiger partial charge in [-0.2, -0.15) is 0 Å². The zero-order chi connectivity index (χ0) is 20.1. The molecule has 0 aliphatic carbocycles. The third kappa shape index (κ3) is 4.85. The van der Waals surface area contributed by atoms with Crippen LogP contribution in [0.3, 0.4) is 0 Å². The second kappa shape index (κ2) is 8.52. The number of amides is 2. The number of oxazole rings is 1. The van der Waals surface area contributed by atoms with Crippen LogP contribution in [0, 0.1) is 0 Å². The van der Waals surface area contributed by atoms with Gasteiger partial charge in [-0.15, -0.1) is 0 Å². The quantitative estimate of drug-likeness (QED) is 0.679. The molecule has 0 saturated heterocycles. The van der Waals surface area contributed by atoms with Gasteiger partial charge in [0.1, 0.15) is 5.76 Å². The molecule has 0 fully saturated rings. The van der Waals surface area contributed by atoms with Crippen LogP contribution in [-0.2, 0) is 11.2 Å². The van der Waals surface area contributed by atoms with E-state index in [-0.39, 0.29) is 17.9 Å². The van der Waals surface area contributed by atoms with Crippen molar-refractivity contribution in [1.29, 1.82) is 0 Å². The lowest BCUT2D eigenvalue weighted by Gasteiger charge is -2.08. The first-order chi connectivity index (χ1) is 13.4. The Morgan fingerprint density at radius 2 is 1.82 bits per heavy atom. The van der Waals surface area contributed by atoms with Gasteiger partial charge in [-0.3, -0.25) is 9.59 Å². The smallest absolute Gasteiger partial charge is 0.273 e. The fourth-order valence-corrected chi connectivity index (χ4v) is 2.89. The molecule has 2 amide bonds. The first kappa shape index (κ1) is 19.4. The molecule has 2 aromatic carbocycles. The predicted octanol–water partition coefficient (Wildman–Crippen LogP) is 4.03. The normalized spacial score (nSPS) is 10.7. The average molecular weight is 377 g/mol. The minimum Gasteiger partial charge on any atom is -0.447 e. The van der Waals surface area contributed by atoms with E-state index in [9.17, 15) is 9.59 Å². The molecule has 28 heavy (non-hydrogen) atoms. The Balaban J connectivity index is 1.75. The SMILES string of the molecule is CC(=O)Nc1cccc(-c2ccc(Cc3ocnc3C(=O)NC(C)C)cc2)c1. The molecule has 3 rings (SSSR count). The summed E-state index contributed by atoms with van der Waals surface area (Å²) < 4.78 is 5.43. The van der Waals surface area contributed by atoms with E-state index in [2.05, 4.69) is 15.6 Å². The maximum atomic E-state index is 12.2. The van der Waals surface area contributed by atoms with Crippen molar-refractivity contribution in [3.05, 3.63) is 71.9 Å². The van der Waals surface area contributed by atoms with E-state index in [1.807, 2.05) is 62.4 Å². The second-order valence-corrected chi connectivity index (χ2v) is 6.89. The van der Waals surface area contributed by atoms with E-state index >= 15 is 0 Å². The number of rotatable bonds is 6. The number of hydrogen-bond acceptors (Lipinski definition) is 4. The Morgan fingerprint density at radius 3 is 2.50 bits per heavy atom. The molecule has 0 radical (unpaired) electrons. The van der Waals surface area contributed by atoms with E-state index in [1.165, 1.54) is 13.3 Å². The molecule has 1 heterocycles. The fraction of sp³-hybridized carbons (Fsp3) is 0.227. The zero-order valence-corrected chi connectivity index (χ0v) is 16.2. The first-order valence-corrected chi connectivity index (χ1v) is 9.12. The van der Waals surface area contributed by atoms with Crippen molar-refractivity contribution in [3.8, 4) is 11.1 Å². The number of anilines is 1. The summed E-state index contributed by atoms with van der Waals surface area (Å²) in [4.78, 5) is 27.5. The van der Waals surface area contributed by atoms with Gasteiger partial charge in [-0.05, 0) is 42.7 Å². The van der Waals surface area contributed by atoms with E-state index < -0.39 is 0 Å². The molecule has 144 valence electrons. The van der Waals surface area contributed by atoms with Crippen molar-refractivity contribution in [3.63, 3.8) is 0 Å². The van der Waals surface area contributed by atoms with E-state index in [0.717, 1.165) is 22.4 Å². The number of hydrogen-bond donors (Lipinski definition) is 2. The van der Waals surface area contributed by atoms with E-state index in [4.69, 9.17) is 4.42 Å². The first-order valence-electron chi connectivity index (χ1n) is 9.12. The van der Waals surface area contributed by atoms with Crippen molar-refractivity contribution in [2.75, 3.05) is 5.32 Å². The van der Waals surface area contributed by atoms with Gasteiger partial charge in [-0.25, -0.2) is 4.98 Å². The second-order valence-electron chi connectivity index (χ2n) is 6.89. The van der Waals surface area contributed by atoms with Crippen LogP contribution in [-0.4, -0.2) is 22.8 Å². The van der Waals surface area contributed by atoms with Crippen molar-refractivity contribution < 1.29 is 14.0 Å². The standard InChI is InChI=1S/C22H23N3O3/c1-14(2)24-22(27)21-20(28-13-23-21)11-16-7-9-17(10-8-16)18-5-4-6-19(12-18)25-15(3)26/h4-10,12-14H,11H2,1-3H3,(H,24,27)(H,25,26). The van der Waals surface area contributed by atoms with Gasteiger partial charge in [0.15, 0.2) is 12.1 Å². The summed E-state index contributed by atoms with van der Waals surface area (Å²) in [5.74, 6) is 0.209. The lowest BCUT2D eigenvalue weighted by molar-refractivity contribution is -0.114. The monoisotopic (exact) mass is 377 g/mol. The van der Waals surface area contributed by atoms with Crippen LogP contribution in [0.1, 0.15) is 42.6 Å². The maximum absolute atomic E-state index is 12.2. The molecule has 0 unspecified atom stereocenters. The van der Waals surface area contributed by atoms with Crippen LogP contribution in [0.15, 0.2) is 59.3 Å². The molecule has 0 aliphatic rings. The third-order valence-corrected chi connectivity index (χ3v) is 4.11. The van der Waals surface area contributed by atoms with Gasteiger partial charge < -0.3 is 15.1 Å². The zero-order valence-electron chi connectivity index (χ0n) is 16.2. The summed E-state index contributed by atoms with van der Waals surface area (Å²) >= 11 is 0. The molecule has 0 saturated carbocycles. The molecule has 6 heteroatoms. The molecular weight excluding hydrogens is 354 g/mol. The molecule has 0 atom stereocenters. The Kier molecular flexibility index (Phi) is 5.89. The van der Waals surface area contributed by atoms with Crippen LogP contribution in [0.25, 0.3) is 11.1 Å². The summed E-state index contributed by atoms with van der Waals surface area (Å²) in [6.07, 6.45) is 1.78. The summed E-state index contributed by atoms with van der Waals surface area (Å²) in [5, 5.41) is 5.62. The van der Waals surface area contributed by atoms with Crippen molar-refractivity contribution in [2.45, 2.75) is 33.2 Å². The van der Waals surface area contributed by atoms with Crippen LogP contribution < -0.4 is 10.6 Å². The summed E-state index contributed by atoms with van der Waals surface area (Å²) in [6, 6.07) is 15.7. The molecule has 0 bridgehead atoms. The van der Waals surface area contributed by atoms with Crippen molar-refractivity contribution in [2.24, 2.45) is 0 Å². The van der Waals surface area contributed by atoms with Crippen LogP contribution in [0.5, 0.6) is 0 Å². The lowest BCUT2D eigenvalue weighted by atomic mass is 10.0. The molecular formula is C22H23N3O3.